The number of piperidine rings is 1. The topological polar surface area (TPSA) is 98.7 Å². The third kappa shape index (κ3) is 4.60. The van der Waals surface area contributed by atoms with Crippen LogP contribution in [0, 0.1) is 5.92 Å². The molecule has 2 aromatic rings. The molecule has 0 amide bonds. The average molecular weight is 426 g/mol. The Hall–Kier alpha value is -2.23. The van der Waals surface area contributed by atoms with Crippen molar-refractivity contribution in [2.24, 2.45) is 5.92 Å². The maximum atomic E-state index is 12.7. The number of ether oxygens (including phenoxy) is 2. The first-order chi connectivity index (χ1) is 13.4. The van der Waals surface area contributed by atoms with E-state index in [2.05, 4.69) is 9.97 Å². The first-order valence-corrected chi connectivity index (χ1v) is 10.5. The van der Waals surface area contributed by atoms with Crippen LogP contribution in [0.2, 0.25) is 5.15 Å². The number of halogens is 1. The van der Waals surface area contributed by atoms with Crippen LogP contribution in [-0.2, 0) is 26.2 Å². The maximum absolute atomic E-state index is 12.7. The fourth-order valence-electron chi connectivity index (χ4n) is 2.92. The molecule has 10 heteroatoms. The number of sulfonamides is 1. The highest BCUT2D eigenvalue weighted by Gasteiger charge is 2.34. The van der Waals surface area contributed by atoms with Gasteiger partial charge in [-0.1, -0.05) is 11.6 Å². The highest BCUT2D eigenvalue weighted by atomic mass is 35.5. The van der Waals surface area contributed by atoms with Gasteiger partial charge in [0.1, 0.15) is 16.7 Å². The van der Waals surface area contributed by atoms with Gasteiger partial charge in [0.05, 0.1) is 13.0 Å². The predicted molar refractivity (Wildman–Crippen MR) is 101 cm³/mol. The summed E-state index contributed by atoms with van der Waals surface area (Å²) in [5, 5.41) is -0.0582. The van der Waals surface area contributed by atoms with E-state index in [1.807, 2.05) is 0 Å². The van der Waals surface area contributed by atoms with Gasteiger partial charge in [-0.15, -0.1) is 0 Å². The fourth-order valence-corrected chi connectivity index (χ4v) is 4.82. The van der Waals surface area contributed by atoms with E-state index in [1.165, 1.54) is 29.7 Å². The normalized spacial score (nSPS) is 15.9. The van der Waals surface area contributed by atoms with E-state index in [1.54, 1.807) is 18.3 Å². The summed E-state index contributed by atoms with van der Waals surface area (Å²) in [6, 6.07) is 6.41. The number of hydrogen-bond acceptors (Lipinski definition) is 7. The number of carbonyl (C=O) groups excluding carboxylic acids is 1. The Kier molecular flexibility index (Phi) is 6.48. The summed E-state index contributed by atoms with van der Waals surface area (Å²) in [6.07, 6.45) is 3.79. The molecule has 3 rings (SSSR count). The summed E-state index contributed by atoms with van der Waals surface area (Å²) >= 11 is 5.92. The zero-order valence-corrected chi connectivity index (χ0v) is 16.8. The Labute approximate surface area is 168 Å². The molecule has 0 aliphatic carbocycles. The minimum absolute atomic E-state index is 0.0234. The van der Waals surface area contributed by atoms with E-state index in [0.717, 1.165) is 5.56 Å². The Morgan fingerprint density at radius 2 is 2.00 bits per heavy atom. The van der Waals surface area contributed by atoms with Crippen molar-refractivity contribution in [2.45, 2.75) is 24.3 Å². The highest BCUT2D eigenvalue weighted by molar-refractivity contribution is 7.89. The van der Waals surface area contributed by atoms with E-state index in [0.29, 0.717) is 18.7 Å². The third-order valence-electron chi connectivity index (χ3n) is 4.52. The van der Waals surface area contributed by atoms with Crippen LogP contribution in [0.5, 0.6) is 5.88 Å². The van der Waals surface area contributed by atoms with E-state index in [4.69, 9.17) is 21.1 Å². The number of methoxy groups -OCH3 is 1. The molecule has 1 fully saturated rings. The molecule has 0 atom stereocenters. The van der Waals surface area contributed by atoms with Crippen LogP contribution in [0.1, 0.15) is 18.4 Å². The number of hydrogen-bond donors (Lipinski definition) is 0. The van der Waals surface area contributed by atoms with Crippen molar-refractivity contribution in [3.63, 3.8) is 0 Å². The van der Waals surface area contributed by atoms with Crippen molar-refractivity contribution in [1.29, 1.82) is 0 Å². The zero-order chi connectivity index (χ0) is 20.1. The first-order valence-electron chi connectivity index (χ1n) is 8.68. The minimum Gasteiger partial charge on any atom is -0.481 e. The molecule has 1 aliphatic heterocycles. The summed E-state index contributed by atoms with van der Waals surface area (Å²) in [4.78, 5) is 20.2. The van der Waals surface area contributed by atoms with Crippen molar-refractivity contribution >= 4 is 27.6 Å². The van der Waals surface area contributed by atoms with Crippen LogP contribution < -0.4 is 4.74 Å². The van der Waals surface area contributed by atoms with Gasteiger partial charge >= 0.3 is 5.97 Å². The van der Waals surface area contributed by atoms with Gasteiger partial charge in [-0.2, -0.15) is 4.31 Å². The number of carbonyl (C=O) groups is 1. The zero-order valence-electron chi connectivity index (χ0n) is 15.2. The van der Waals surface area contributed by atoms with Gasteiger partial charge in [-0.25, -0.2) is 18.4 Å². The minimum atomic E-state index is -3.74. The molecule has 2 aromatic heterocycles. The number of pyridine rings is 2. The highest BCUT2D eigenvalue weighted by Crippen LogP contribution is 2.27. The lowest BCUT2D eigenvalue weighted by atomic mass is 9.98. The van der Waals surface area contributed by atoms with Crippen molar-refractivity contribution in [2.75, 3.05) is 20.2 Å². The van der Waals surface area contributed by atoms with Gasteiger partial charge in [-0.05, 0) is 31.0 Å². The Morgan fingerprint density at radius 3 is 2.61 bits per heavy atom. The van der Waals surface area contributed by atoms with Gasteiger partial charge in [0.15, 0.2) is 0 Å². The lowest BCUT2D eigenvalue weighted by Crippen LogP contribution is -2.40. The van der Waals surface area contributed by atoms with Crippen LogP contribution in [0.4, 0.5) is 0 Å². The van der Waals surface area contributed by atoms with E-state index < -0.39 is 10.0 Å². The molecular weight excluding hydrogens is 406 g/mol. The van der Waals surface area contributed by atoms with Crippen molar-refractivity contribution in [3.05, 3.63) is 47.4 Å². The summed E-state index contributed by atoms with van der Waals surface area (Å²) < 4.78 is 37.1. The standard InChI is InChI=1S/C18H20ClN3O5S/c1-26-16-5-4-13(11-21-16)12-27-18(23)14-6-9-22(10-7-14)28(24,25)15-3-2-8-20-17(15)19/h2-5,8,11,14H,6-7,9-10,12H2,1H3. The predicted octanol–water partition coefficient (Wildman–Crippen LogP) is 2.28. The van der Waals surface area contributed by atoms with Crippen LogP contribution >= 0.6 is 11.6 Å². The monoisotopic (exact) mass is 425 g/mol. The van der Waals surface area contributed by atoms with Crippen molar-refractivity contribution in [3.8, 4) is 5.88 Å². The quantitative estimate of drug-likeness (QED) is 0.517. The lowest BCUT2D eigenvalue weighted by Gasteiger charge is -2.30. The lowest BCUT2D eigenvalue weighted by molar-refractivity contribution is -0.151. The Bertz CT molecular complexity index is 928. The van der Waals surface area contributed by atoms with Crippen molar-refractivity contribution in [1.82, 2.24) is 14.3 Å². The molecule has 0 radical (unpaired) electrons. The number of rotatable bonds is 6. The molecule has 0 unspecified atom stereocenters. The second-order valence-corrected chi connectivity index (χ2v) is 8.55. The summed E-state index contributed by atoms with van der Waals surface area (Å²) in [7, 11) is -2.21. The third-order valence-corrected chi connectivity index (χ3v) is 6.86. The first kappa shape index (κ1) is 20.5. The van der Waals surface area contributed by atoms with E-state index in [9.17, 15) is 13.2 Å². The molecule has 1 saturated heterocycles. The molecule has 8 nitrogen and oxygen atoms in total. The van der Waals surface area contributed by atoms with Crippen LogP contribution in [0.3, 0.4) is 0 Å². The van der Waals surface area contributed by atoms with Gasteiger partial charge < -0.3 is 9.47 Å². The molecule has 1 aliphatic rings. The molecule has 0 saturated carbocycles. The fraction of sp³-hybridized carbons (Fsp3) is 0.389. The number of nitrogens with zero attached hydrogens (tertiary/aromatic N) is 3. The summed E-state index contributed by atoms with van der Waals surface area (Å²) in [5.74, 6) is -0.202. The molecule has 3 heterocycles. The Balaban J connectivity index is 1.54. The second kappa shape index (κ2) is 8.85. The summed E-state index contributed by atoms with van der Waals surface area (Å²) in [6.45, 7) is 0.550. The number of aromatic nitrogens is 2. The van der Waals surface area contributed by atoms with Gasteiger partial charge in [0.2, 0.25) is 15.9 Å². The molecule has 0 bridgehead atoms. The largest absolute Gasteiger partial charge is 0.481 e. The molecule has 28 heavy (non-hydrogen) atoms. The van der Waals surface area contributed by atoms with Gasteiger partial charge in [-0.3, -0.25) is 4.79 Å². The van der Waals surface area contributed by atoms with Gasteiger partial charge in [0.25, 0.3) is 0 Å². The second-order valence-electron chi connectivity index (χ2n) is 6.29. The number of esters is 1. The molecular formula is C18H20ClN3O5S. The van der Waals surface area contributed by atoms with Crippen molar-refractivity contribution < 1.29 is 22.7 Å². The van der Waals surface area contributed by atoms with Crippen LogP contribution in [-0.4, -0.2) is 48.9 Å². The van der Waals surface area contributed by atoms with Crippen LogP contribution in [0.15, 0.2) is 41.6 Å². The molecule has 0 aromatic carbocycles. The molecule has 0 N–H and O–H groups in total. The SMILES string of the molecule is COc1ccc(COC(=O)C2CCN(S(=O)(=O)c3cccnc3Cl)CC2)cn1. The van der Waals surface area contributed by atoms with Gasteiger partial charge in [0, 0.05) is 37.1 Å². The summed E-state index contributed by atoms with van der Waals surface area (Å²) in [5.41, 5.74) is 0.750. The van der Waals surface area contributed by atoms with Crippen LogP contribution in [0.25, 0.3) is 0 Å². The average Bonchev–Trinajstić information content (AvgIpc) is 2.72. The molecule has 150 valence electrons. The maximum Gasteiger partial charge on any atom is 0.309 e. The van der Waals surface area contributed by atoms with E-state index >= 15 is 0 Å². The Morgan fingerprint density at radius 1 is 1.25 bits per heavy atom. The molecule has 0 spiro atoms. The van der Waals surface area contributed by atoms with E-state index in [-0.39, 0.29) is 41.6 Å². The smallest absolute Gasteiger partial charge is 0.309 e.